The molecule has 30 heavy (non-hydrogen) atoms. The topological polar surface area (TPSA) is 29.3 Å². The van der Waals surface area contributed by atoms with Crippen LogP contribution in [0.3, 0.4) is 0 Å². The summed E-state index contributed by atoms with van der Waals surface area (Å²) in [6, 6.07) is 34.4. The van der Waals surface area contributed by atoms with Crippen LogP contribution in [0.4, 0.5) is 22.7 Å². The van der Waals surface area contributed by atoms with Crippen LogP contribution >= 0.6 is 0 Å². The summed E-state index contributed by atoms with van der Waals surface area (Å²) in [7, 11) is 0. The summed E-state index contributed by atoms with van der Waals surface area (Å²) in [5.74, 6) is 0. The summed E-state index contributed by atoms with van der Waals surface area (Å²) < 4.78 is 0. The minimum absolute atomic E-state index is 0.828. The second-order valence-electron chi connectivity index (χ2n) is 7.92. The first kappa shape index (κ1) is 19.8. The van der Waals surface area contributed by atoms with Gasteiger partial charge in [0.2, 0.25) is 0 Å². The molecule has 2 N–H and O–H groups in total. The van der Waals surface area contributed by atoms with Crippen molar-refractivity contribution in [1.29, 1.82) is 0 Å². The van der Waals surface area contributed by atoms with Crippen LogP contribution in [-0.4, -0.2) is 0 Å². The lowest BCUT2D eigenvalue weighted by molar-refractivity contribution is 0.960. The Bertz CT molecular complexity index is 1050. The summed E-state index contributed by atoms with van der Waals surface area (Å²) >= 11 is 0. The van der Waals surface area contributed by atoms with Crippen molar-refractivity contribution in [2.45, 2.75) is 26.7 Å². The van der Waals surface area contributed by atoms with Gasteiger partial charge >= 0.3 is 0 Å². The molecule has 2 heteroatoms. The van der Waals surface area contributed by atoms with Crippen molar-refractivity contribution in [3.8, 4) is 0 Å². The Morgan fingerprint density at radius 1 is 0.567 bits per heavy atom. The number of nitrogen functional groups attached to an aromatic ring is 1. The van der Waals surface area contributed by atoms with Crippen LogP contribution in [0.5, 0.6) is 0 Å². The quantitative estimate of drug-likeness (QED) is 0.353. The maximum absolute atomic E-state index is 5.90. The third-order valence-electron chi connectivity index (χ3n) is 5.43. The molecular weight excluding hydrogens is 364 g/mol. The zero-order chi connectivity index (χ0) is 20.9. The standard InChI is InChI=1S/C28H28N2/c1-21-6-14-26(15-7-21)30(27-16-8-22(2)9-17-27)28-18-12-23(13-19-28)10-11-24-4-3-5-25(29)20-24/h3-9,12-20H,10-11,29H2,1-2H3. The van der Waals surface area contributed by atoms with E-state index in [1.54, 1.807) is 0 Å². The van der Waals surface area contributed by atoms with E-state index >= 15 is 0 Å². The van der Waals surface area contributed by atoms with Crippen LogP contribution in [0.25, 0.3) is 0 Å². The normalized spacial score (nSPS) is 10.7. The molecule has 4 aromatic rings. The Morgan fingerprint density at radius 2 is 1.03 bits per heavy atom. The Balaban J connectivity index is 1.59. The maximum atomic E-state index is 5.90. The van der Waals surface area contributed by atoms with Crippen molar-refractivity contribution in [1.82, 2.24) is 0 Å². The van der Waals surface area contributed by atoms with E-state index in [1.807, 2.05) is 12.1 Å². The zero-order valence-corrected chi connectivity index (χ0v) is 17.7. The van der Waals surface area contributed by atoms with Crippen molar-refractivity contribution in [3.63, 3.8) is 0 Å². The average Bonchev–Trinajstić information content (AvgIpc) is 2.76. The van der Waals surface area contributed by atoms with E-state index in [2.05, 4.69) is 104 Å². The van der Waals surface area contributed by atoms with Gasteiger partial charge in [-0.15, -0.1) is 0 Å². The summed E-state index contributed by atoms with van der Waals surface area (Å²) in [6.45, 7) is 4.24. The highest BCUT2D eigenvalue weighted by molar-refractivity contribution is 5.76. The lowest BCUT2D eigenvalue weighted by Gasteiger charge is -2.26. The molecule has 4 aromatic carbocycles. The molecule has 0 fully saturated rings. The van der Waals surface area contributed by atoms with Crippen molar-refractivity contribution < 1.29 is 0 Å². The number of nitrogens with zero attached hydrogens (tertiary/aromatic N) is 1. The van der Waals surface area contributed by atoms with E-state index in [-0.39, 0.29) is 0 Å². The highest BCUT2D eigenvalue weighted by atomic mass is 15.1. The highest BCUT2D eigenvalue weighted by Crippen LogP contribution is 2.34. The lowest BCUT2D eigenvalue weighted by atomic mass is 10.0. The third-order valence-corrected chi connectivity index (χ3v) is 5.43. The average molecular weight is 393 g/mol. The van der Waals surface area contributed by atoms with Gasteiger partial charge in [-0.1, -0.05) is 59.7 Å². The Hall–Kier alpha value is -3.52. The van der Waals surface area contributed by atoms with E-state index in [1.165, 1.54) is 22.3 Å². The highest BCUT2D eigenvalue weighted by Gasteiger charge is 2.12. The van der Waals surface area contributed by atoms with Crippen LogP contribution < -0.4 is 10.6 Å². The molecule has 150 valence electrons. The third kappa shape index (κ3) is 4.72. The van der Waals surface area contributed by atoms with E-state index < -0.39 is 0 Å². The van der Waals surface area contributed by atoms with E-state index in [9.17, 15) is 0 Å². The first-order chi connectivity index (χ1) is 14.6. The number of nitrogens with two attached hydrogens (primary N) is 1. The van der Waals surface area contributed by atoms with Crippen LogP contribution in [0.2, 0.25) is 0 Å². The van der Waals surface area contributed by atoms with Gasteiger partial charge in [-0.3, -0.25) is 0 Å². The monoisotopic (exact) mass is 392 g/mol. The molecule has 4 rings (SSSR count). The molecule has 0 heterocycles. The van der Waals surface area contributed by atoms with Crippen molar-refractivity contribution in [2.75, 3.05) is 10.6 Å². The Labute approximate surface area is 179 Å². The number of benzene rings is 4. The molecule has 0 aliphatic carbocycles. The molecular formula is C28H28N2. The molecule has 0 bridgehead atoms. The molecule has 0 aliphatic rings. The van der Waals surface area contributed by atoms with Crippen molar-refractivity contribution in [2.24, 2.45) is 0 Å². The number of aryl methyl sites for hydroxylation is 4. The molecule has 0 radical (unpaired) electrons. The van der Waals surface area contributed by atoms with Crippen LogP contribution in [0.15, 0.2) is 97.1 Å². The smallest absolute Gasteiger partial charge is 0.0461 e. The summed E-state index contributed by atoms with van der Waals surface area (Å²) in [5, 5.41) is 0. The number of hydrogen-bond donors (Lipinski definition) is 1. The second kappa shape index (κ2) is 8.87. The Morgan fingerprint density at radius 3 is 1.53 bits per heavy atom. The van der Waals surface area contributed by atoms with Crippen LogP contribution in [0, 0.1) is 13.8 Å². The molecule has 0 amide bonds. The van der Waals surface area contributed by atoms with Crippen LogP contribution in [-0.2, 0) is 12.8 Å². The zero-order valence-electron chi connectivity index (χ0n) is 17.7. The predicted molar refractivity (Wildman–Crippen MR) is 129 cm³/mol. The second-order valence-corrected chi connectivity index (χ2v) is 7.92. The molecule has 0 spiro atoms. The fraction of sp³-hybridized carbons (Fsp3) is 0.143. The first-order valence-corrected chi connectivity index (χ1v) is 10.5. The first-order valence-electron chi connectivity index (χ1n) is 10.5. The van der Waals surface area contributed by atoms with Crippen molar-refractivity contribution in [3.05, 3.63) is 119 Å². The number of hydrogen-bond acceptors (Lipinski definition) is 2. The summed E-state index contributed by atoms with van der Waals surface area (Å²) in [4.78, 5) is 2.31. The van der Waals surface area contributed by atoms with E-state index in [0.717, 1.165) is 35.6 Å². The fourth-order valence-corrected chi connectivity index (χ4v) is 3.68. The number of rotatable bonds is 6. The minimum atomic E-state index is 0.828. The molecule has 0 unspecified atom stereocenters. The van der Waals surface area contributed by atoms with Gasteiger partial charge in [0.15, 0.2) is 0 Å². The summed E-state index contributed by atoms with van der Waals surface area (Å²) in [6.07, 6.45) is 1.99. The van der Waals surface area contributed by atoms with Gasteiger partial charge in [0.25, 0.3) is 0 Å². The van der Waals surface area contributed by atoms with Crippen LogP contribution in [0.1, 0.15) is 22.3 Å². The van der Waals surface area contributed by atoms with E-state index in [0.29, 0.717) is 0 Å². The molecule has 0 aliphatic heterocycles. The van der Waals surface area contributed by atoms with Gasteiger partial charge in [0, 0.05) is 22.7 Å². The van der Waals surface area contributed by atoms with E-state index in [4.69, 9.17) is 5.73 Å². The largest absolute Gasteiger partial charge is 0.399 e. The van der Waals surface area contributed by atoms with Gasteiger partial charge < -0.3 is 10.6 Å². The maximum Gasteiger partial charge on any atom is 0.0461 e. The SMILES string of the molecule is Cc1ccc(N(c2ccc(C)cc2)c2ccc(CCc3cccc(N)c3)cc2)cc1. The predicted octanol–water partition coefficient (Wildman–Crippen LogP) is 7.14. The molecule has 0 aromatic heterocycles. The number of anilines is 4. The van der Waals surface area contributed by atoms with Gasteiger partial charge in [0.05, 0.1) is 0 Å². The van der Waals surface area contributed by atoms with Gasteiger partial charge in [-0.25, -0.2) is 0 Å². The lowest BCUT2D eigenvalue weighted by Crippen LogP contribution is -2.10. The summed E-state index contributed by atoms with van der Waals surface area (Å²) in [5.41, 5.74) is 15.4. The molecule has 0 atom stereocenters. The molecule has 0 saturated carbocycles. The molecule has 0 saturated heterocycles. The fourth-order valence-electron chi connectivity index (χ4n) is 3.68. The van der Waals surface area contributed by atoms with Gasteiger partial charge in [-0.05, 0) is 86.3 Å². The Kier molecular flexibility index (Phi) is 5.85. The van der Waals surface area contributed by atoms with Gasteiger partial charge in [-0.2, -0.15) is 0 Å². The minimum Gasteiger partial charge on any atom is -0.399 e. The van der Waals surface area contributed by atoms with Gasteiger partial charge in [0.1, 0.15) is 0 Å². The van der Waals surface area contributed by atoms with Crippen molar-refractivity contribution >= 4 is 22.7 Å². The molecule has 2 nitrogen and oxygen atoms in total.